The molecule has 0 atom stereocenters. The molecule has 0 radical (unpaired) electrons. The molecule has 0 fully saturated rings. The van der Waals surface area contributed by atoms with E-state index in [4.69, 9.17) is 11.6 Å². The first-order chi connectivity index (χ1) is 12.1. The van der Waals surface area contributed by atoms with Crippen molar-refractivity contribution in [3.8, 4) is 0 Å². The molecule has 2 aromatic rings. The molecule has 5 heteroatoms. The van der Waals surface area contributed by atoms with Gasteiger partial charge in [0.05, 0.1) is 0 Å². The lowest BCUT2D eigenvalue weighted by atomic mass is 10.1. The maximum atomic E-state index is 12.7. The fourth-order valence-electron chi connectivity index (χ4n) is 2.67. The Hall–Kier alpha value is -2.07. The Morgan fingerprint density at radius 3 is 2.56 bits per heavy atom. The largest absolute Gasteiger partial charge is 0.338 e. The van der Waals surface area contributed by atoms with Gasteiger partial charge in [0, 0.05) is 43.3 Å². The zero-order valence-corrected chi connectivity index (χ0v) is 15.4. The van der Waals surface area contributed by atoms with Gasteiger partial charge in [-0.1, -0.05) is 49.6 Å². The first kappa shape index (κ1) is 19.3. The van der Waals surface area contributed by atoms with Crippen LogP contribution in [0.15, 0.2) is 53.5 Å². The highest BCUT2D eigenvalue weighted by atomic mass is 35.5. The highest BCUT2D eigenvalue weighted by Crippen LogP contribution is 2.13. The van der Waals surface area contributed by atoms with Gasteiger partial charge < -0.3 is 9.47 Å². The molecule has 0 aliphatic rings. The van der Waals surface area contributed by atoms with Crippen molar-refractivity contribution in [2.24, 2.45) is 0 Å². The average molecular weight is 361 g/mol. The number of carbonyl (C=O) groups excluding carboxylic acids is 1. The van der Waals surface area contributed by atoms with E-state index >= 15 is 0 Å². The summed E-state index contributed by atoms with van der Waals surface area (Å²) >= 11 is 5.93. The van der Waals surface area contributed by atoms with Crippen LogP contribution in [-0.2, 0) is 17.9 Å². The van der Waals surface area contributed by atoms with Crippen LogP contribution in [0.3, 0.4) is 0 Å². The summed E-state index contributed by atoms with van der Waals surface area (Å²) in [4.78, 5) is 26.3. The van der Waals surface area contributed by atoms with Gasteiger partial charge >= 0.3 is 0 Å². The zero-order chi connectivity index (χ0) is 18.1. The van der Waals surface area contributed by atoms with Gasteiger partial charge in [-0.2, -0.15) is 0 Å². The third-order valence-corrected chi connectivity index (χ3v) is 4.39. The molecule has 25 heavy (non-hydrogen) atoms. The van der Waals surface area contributed by atoms with E-state index in [1.165, 1.54) is 6.07 Å². The Morgan fingerprint density at radius 1 is 1.12 bits per heavy atom. The van der Waals surface area contributed by atoms with Gasteiger partial charge in [0.2, 0.25) is 5.91 Å². The van der Waals surface area contributed by atoms with E-state index in [1.807, 2.05) is 29.2 Å². The van der Waals surface area contributed by atoms with Crippen LogP contribution in [0.2, 0.25) is 5.02 Å². The highest BCUT2D eigenvalue weighted by molar-refractivity contribution is 6.30. The second-order valence-electron chi connectivity index (χ2n) is 6.13. The summed E-state index contributed by atoms with van der Waals surface area (Å²) in [6.45, 7) is 3.86. The number of hydrogen-bond donors (Lipinski definition) is 0. The van der Waals surface area contributed by atoms with Crippen molar-refractivity contribution < 1.29 is 4.79 Å². The topological polar surface area (TPSA) is 42.3 Å². The molecule has 0 N–H and O–H groups in total. The first-order valence-electron chi connectivity index (χ1n) is 8.78. The van der Waals surface area contributed by atoms with E-state index in [-0.39, 0.29) is 11.5 Å². The highest BCUT2D eigenvalue weighted by Gasteiger charge is 2.14. The van der Waals surface area contributed by atoms with E-state index in [2.05, 4.69) is 6.92 Å². The minimum atomic E-state index is -0.0782. The summed E-state index contributed by atoms with van der Waals surface area (Å²) in [6.07, 6.45) is 5.24. The molecule has 0 unspecified atom stereocenters. The van der Waals surface area contributed by atoms with E-state index in [1.54, 1.807) is 22.9 Å². The van der Waals surface area contributed by atoms with Crippen molar-refractivity contribution in [2.45, 2.75) is 45.7 Å². The molecule has 1 aromatic heterocycles. The van der Waals surface area contributed by atoms with Crippen LogP contribution in [0.4, 0.5) is 0 Å². The molecule has 0 bridgehead atoms. The Kier molecular flexibility index (Phi) is 7.74. The normalized spacial score (nSPS) is 10.6. The monoisotopic (exact) mass is 360 g/mol. The second kappa shape index (κ2) is 10.0. The number of rotatable bonds is 9. The summed E-state index contributed by atoms with van der Waals surface area (Å²) in [5, 5.41) is 0.691. The number of pyridine rings is 1. The first-order valence-corrected chi connectivity index (χ1v) is 9.15. The van der Waals surface area contributed by atoms with Crippen LogP contribution in [0, 0.1) is 0 Å². The quantitative estimate of drug-likeness (QED) is 0.631. The fraction of sp³-hybridized carbons (Fsp3) is 0.400. The molecule has 2 rings (SSSR count). The predicted molar refractivity (Wildman–Crippen MR) is 102 cm³/mol. The number of nitrogens with zero attached hydrogens (tertiary/aromatic N) is 2. The summed E-state index contributed by atoms with van der Waals surface area (Å²) in [6, 6.07) is 12.6. The molecule has 1 amide bonds. The van der Waals surface area contributed by atoms with Gasteiger partial charge in [0.1, 0.15) is 0 Å². The minimum absolute atomic E-state index is 0.0711. The number of benzene rings is 1. The van der Waals surface area contributed by atoms with Crippen molar-refractivity contribution in [3.63, 3.8) is 0 Å². The third-order valence-electron chi connectivity index (χ3n) is 4.14. The molecule has 1 aromatic carbocycles. The van der Waals surface area contributed by atoms with Gasteiger partial charge in [0.25, 0.3) is 5.56 Å². The number of amides is 1. The van der Waals surface area contributed by atoms with Crippen LogP contribution >= 0.6 is 11.6 Å². The molecule has 0 saturated carbocycles. The average Bonchev–Trinajstić information content (AvgIpc) is 2.62. The van der Waals surface area contributed by atoms with Crippen molar-refractivity contribution in [2.75, 3.05) is 6.54 Å². The molecular weight excluding hydrogens is 336 g/mol. The Labute approximate surface area is 154 Å². The van der Waals surface area contributed by atoms with Crippen molar-refractivity contribution >= 4 is 17.5 Å². The summed E-state index contributed by atoms with van der Waals surface area (Å²) in [5.74, 6) is 0.0711. The number of carbonyl (C=O) groups is 1. The maximum Gasteiger partial charge on any atom is 0.250 e. The van der Waals surface area contributed by atoms with Gasteiger partial charge in [-0.25, -0.2) is 0 Å². The van der Waals surface area contributed by atoms with Gasteiger partial charge in [-0.3, -0.25) is 9.59 Å². The Bertz CT molecular complexity index is 725. The van der Waals surface area contributed by atoms with E-state index in [0.29, 0.717) is 24.5 Å². The van der Waals surface area contributed by atoms with Crippen molar-refractivity contribution in [1.29, 1.82) is 0 Å². The lowest BCUT2D eigenvalue weighted by molar-refractivity contribution is -0.132. The fourth-order valence-corrected chi connectivity index (χ4v) is 2.80. The molecule has 0 spiro atoms. The van der Waals surface area contributed by atoms with Gasteiger partial charge in [-0.05, 0) is 30.2 Å². The maximum absolute atomic E-state index is 12.7. The SMILES string of the molecule is CCCCCN(Cc1ccc(Cl)cc1)C(=O)CCn1ccccc1=O. The molecule has 0 saturated heterocycles. The molecule has 1 heterocycles. The zero-order valence-electron chi connectivity index (χ0n) is 14.7. The van der Waals surface area contributed by atoms with Crippen LogP contribution < -0.4 is 5.56 Å². The number of aryl methyl sites for hydroxylation is 1. The number of aromatic nitrogens is 1. The molecule has 4 nitrogen and oxygen atoms in total. The Balaban J connectivity index is 2.00. The van der Waals surface area contributed by atoms with Crippen LogP contribution in [0.1, 0.15) is 38.2 Å². The summed E-state index contributed by atoms with van der Waals surface area (Å²) in [5.41, 5.74) is 0.983. The standard InChI is InChI=1S/C20H25ClN2O2/c1-2-3-5-14-23(16-17-8-10-18(21)11-9-17)20(25)12-15-22-13-6-4-7-19(22)24/h4,6-11,13H,2-3,5,12,14-16H2,1H3. The smallest absolute Gasteiger partial charge is 0.250 e. The molecule has 0 aliphatic heterocycles. The lowest BCUT2D eigenvalue weighted by Gasteiger charge is -2.23. The minimum Gasteiger partial charge on any atom is -0.338 e. The van der Waals surface area contributed by atoms with E-state index in [0.717, 1.165) is 31.4 Å². The molecule has 0 aliphatic carbocycles. The van der Waals surface area contributed by atoms with Gasteiger partial charge in [-0.15, -0.1) is 0 Å². The second-order valence-corrected chi connectivity index (χ2v) is 6.57. The molecular formula is C20H25ClN2O2. The molecule has 134 valence electrons. The Morgan fingerprint density at radius 2 is 1.88 bits per heavy atom. The van der Waals surface area contributed by atoms with Crippen LogP contribution in [-0.4, -0.2) is 21.9 Å². The third kappa shape index (κ3) is 6.39. The number of hydrogen-bond acceptors (Lipinski definition) is 2. The van der Waals surface area contributed by atoms with E-state index < -0.39 is 0 Å². The predicted octanol–water partition coefficient (Wildman–Crippen LogP) is 4.11. The van der Waals surface area contributed by atoms with Crippen molar-refractivity contribution in [1.82, 2.24) is 9.47 Å². The van der Waals surface area contributed by atoms with Crippen molar-refractivity contribution in [3.05, 3.63) is 69.6 Å². The van der Waals surface area contributed by atoms with Crippen LogP contribution in [0.5, 0.6) is 0 Å². The summed E-state index contributed by atoms with van der Waals surface area (Å²) < 4.78 is 1.57. The lowest BCUT2D eigenvalue weighted by Crippen LogP contribution is -2.33. The number of unbranched alkanes of at least 4 members (excludes halogenated alkanes) is 2. The van der Waals surface area contributed by atoms with E-state index in [9.17, 15) is 9.59 Å². The van der Waals surface area contributed by atoms with Crippen LogP contribution in [0.25, 0.3) is 0 Å². The van der Waals surface area contributed by atoms with Gasteiger partial charge in [0.15, 0.2) is 0 Å². The summed E-state index contributed by atoms with van der Waals surface area (Å²) in [7, 11) is 0. The number of halogens is 1.